The summed E-state index contributed by atoms with van der Waals surface area (Å²) in [6.45, 7) is 1.51. The highest BCUT2D eigenvalue weighted by Gasteiger charge is 2.19. The third-order valence-electron chi connectivity index (χ3n) is 2.99. The number of carbonyl (C=O) groups is 2. The summed E-state index contributed by atoms with van der Waals surface area (Å²) in [5.41, 5.74) is 0.123. The van der Waals surface area contributed by atoms with Gasteiger partial charge in [0.25, 0.3) is 5.91 Å². The van der Waals surface area contributed by atoms with Crippen LogP contribution in [0.1, 0.15) is 18.5 Å². The summed E-state index contributed by atoms with van der Waals surface area (Å²) < 4.78 is 41.1. The lowest BCUT2D eigenvalue weighted by atomic mass is 10.1. The largest absolute Gasteiger partial charge is 0.493 e. The minimum Gasteiger partial charge on any atom is -0.493 e. The Balaban J connectivity index is 1.84. The highest BCUT2D eigenvalue weighted by Crippen LogP contribution is 2.17. The Kier molecular flexibility index (Phi) is 5.51. The van der Waals surface area contributed by atoms with E-state index in [2.05, 4.69) is 5.32 Å². The number of esters is 1. The Labute approximate surface area is 131 Å². The van der Waals surface area contributed by atoms with Gasteiger partial charge < -0.3 is 19.5 Å². The predicted molar refractivity (Wildman–Crippen MR) is 73.9 cm³/mol. The van der Waals surface area contributed by atoms with E-state index in [9.17, 15) is 18.4 Å². The van der Waals surface area contributed by atoms with E-state index in [4.69, 9.17) is 14.2 Å². The standard InChI is InChI=1S/C15H15F2NO5/c1-9(11-3-2-10(16)6-12(11)17)18-14(19)8-23-15(20)13-7-21-4-5-22-13/h2-3,6-7,9H,4-5,8H2,1H3,(H,18,19)/t9-/m1/s1. The predicted octanol–water partition coefficient (Wildman–Crippen LogP) is 1.57. The summed E-state index contributed by atoms with van der Waals surface area (Å²) in [5.74, 6) is -3.07. The molecule has 2 rings (SSSR count). The Morgan fingerprint density at radius 3 is 2.78 bits per heavy atom. The Bertz CT molecular complexity index is 632. The molecule has 0 aromatic heterocycles. The number of carbonyl (C=O) groups excluding carboxylic acids is 2. The minimum atomic E-state index is -0.833. The maximum atomic E-state index is 13.6. The van der Waals surface area contributed by atoms with E-state index < -0.39 is 36.2 Å². The van der Waals surface area contributed by atoms with Crippen molar-refractivity contribution >= 4 is 11.9 Å². The van der Waals surface area contributed by atoms with Gasteiger partial charge in [-0.3, -0.25) is 4.79 Å². The van der Waals surface area contributed by atoms with E-state index in [-0.39, 0.29) is 17.9 Å². The van der Waals surface area contributed by atoms with Crippen LogP contribution in [0.15, 0.2) is 30.2 Å². The first-order valence-corrected chi connectivity index (χ1v) is 6.83. The third-order valence-corrected chi connectivity index (χ3v) is 2.99. The smallest absolute Gasteiger partial charge is 0.377 e. The molecule has 124 valence electrons. The number of ether oxygens (including phenoxy) is 3. The number of amides is 1. The van der Waals surface area contributed by atoms with Crippen molar-refractivity contribution in [1.82, 2.24) is 5.32 Å². The van der Waals surface area contributed by atoms with Gasteiger partial charge in [0.15, 0.2) is 6.61 Å². The maximum Gasteiger partial charge on any atom is 0.377 e. The lowest BCUT2D eigenvalue weighted by Gasteiger charge is -2.16. The van der Waals surface area contributed by atoms with Gasteiger partial charge in [-0.25, -0.2) is 13.6 Å². The van der Waals surface area contributed by atoms with E-state index in [1.54, 1.807) is 0 Å². The van der Waals surface area contributed by atoms with Crippen molar-refractivity contribution in [2.75, 3.05) is 19.8 Å². The lowest BCUT2D eigenvalue weighted by molar-refractivity contribution is -0.149. The zero-order valence-corrected chi connectivity index (χ0v) is 12.3. The normalized spacial score (nSPS) is 14.8. The van der Waals surface area contributed by atoms with Crippen LogP contribution in [-0.4, -0.2) is 31.7 Å². The highest BCUT2D eigenvalue weighted by molar-refractivity contribution is 5.88. The Hall–Kier alpha value is -2.64. The number of hydrogen-bond donors (Lipinski definition) is 1. The van der Waals surface area contributed by atoms with Crippen molar-refractivity contribution in [3.8, 4) is 0 Å². The molecule has 0 bridgehead atoms. The van der Waals surface area contributed by atoms with Crippen LogP contribution in [0.5, 0.6) is 0 Å². The summed E-state index contributed by atoms with van der Waals surface area (Å²) in [6, 6.07) is 2.34. The molecular formula is C15H15F2NO5. The fourth-order valence-electron chi connectivity index (χ4n) is 1.89. The van der Waals surface area contributed by atoms with Crippen molar-refractivity contribution in [3.63, 3.8) is 0 Å². The molecule has 0 saturated carbocycles. The van der Waals surface area contributed by atoms with Crippen molar-refractivity contribution in [2.45, 2.75) is 13.0 Å². The lowest BCUT2D eigenvalue weighted by Crippen LogP contribution is -2.32. The van der Waals surface area contributed by atoms with Crippen LogP contribution in [0.4, 0.5) is 8.78 Å². The molecule has 6 nitrogen and oxygen atoms in total. The van der Waals surface area contributed by atoms with Crippen LogP contribution in [0.3, 0.4) is 0 Å². The first-order valence-electron chi connectivity index (χ1n) is 6.83. The fourth-order valence-corrected chi connectivity index (χ4v) is 1.89. The minimum absolute atomic E-state index is 0.123. The quantitative estimate of drug-likeness (QED) is 0.831. The fraction of sp³-hybridized carbons (Fsp3) is 0.333. The molecule has 0 unspecified atom stereocenters. The van der Waals surface area contributed by atoms with E-state index in [0.29, 0.717) is 6.61 Å². The van der Waals surface area contributed by atoms with Gasteiger partial charge in [-0.1, -0.05) is 6.07 Å². The monoisotopic (exact) mass is 327 g/mol. The van der Waals surface area contributed by atoms with Crippen molar-refractivity contribution in [3.05, 3.63) is 47.4 Å². The Morgan fingerprint density at radius 2 is 2.13 bits per heavy atom. The van der Waals surface area contributed by atoms with Gasteiger partial charge in [-0.05, 0) is 13.0 Å². The highest BCUT2D eigenvalue weighted by atomic mass is 19.1. The molecule has 1 heterocycles. The van der Waals surface area contributed by atoms with Gasteiger partial charge in [0.1, 0.15) is 31.1 Å². The van der Waals surface area contributed by atoms with Crippen LogP contribution >= 0.6 is 0 Å². The van der Waals surface area contributed by atoms with E-state index in [1.807, 2.05) is 0 Å². The first-order chi connectivity index (χ1) is 11.0. The summed E-state index contributed by atoms with van der Waals surface area (Å²) in [6.07, 6.45) is 1.11. The molecule has 0 aliphatic carbocycles. The number of hydrogen-bond acceptors (Lipinski definition) is 5. The van der Waals surface area contributed by atoms with Gasteiger partial charge in [0.2, 0.25) is 5.76 Å². The van der Waals surface area contributed by atoms with Crippen LogP contribution in [0.2, 0.25) is 0 Å². The average molecular weight is 327 g/mol. The topological polar surface area (TPSA) is 73.9 Å². The van der Waals surface area contributed by atoms with E-state index >= 15 is 0 Å². The zero-order chi connectivity index (χ0) is 16.8. The van der Waals surface area contributed by atoms with Crippen LogP contribution in [-0.2, 0) is 23.8 Å². The third kappa shape index (κ3) is 4.67. The maximum absolute atomic E-state index is 13.6. The van der Waals surface area contributed by atoms with Crippen molar-refractivity contribution in [2.24, 2.45) is 0 Å². The van der Waals surface area contributed by atoms with Crippen LogP contribution in [0.25, 0.3) is 0 Å². The molecule has 1 aliphatic heterocycles. The molecule has 23 heavy (non-hydrogen) atoms. The number of rotatable bonds is 5. The summed E-state index contributed by atoms with van der Waals surface area (Å²) >= 11 is 0. The average Bonchev–Trinajstić information content (AvgIpc) is 2.53. The number of halogens is 2. The van der Waals surface area contributed by atoms with Gasteiger partial charge in [-0.2, -0.15) is 0 Å². The number of benzene rings is 1. The van der Waals surface area contributed by atoms with Gasteiger partial charge in [-0.15, -0.1) is 0 Å². The first kappa shape index (κ1) is 16.7. The molecule has 1 aliphatic rings. The van der Waals surface area contributed by atoms with Crippen LogP contribution in [0, 0.1) is 11.6 Å². The molecule has 1 atom stereocenters. The molecule has 1 N–H and O–H groups in total. The molecular weight excluding hydrogens is 312 g/mol. The molecule has 1 aromatic carbocycles. The van der Waals surface area contributed by atoms with Gasteiger partial charge >= 0.3 is 5.97 Å². The summed E-state index contributed by atoms with van der Waals surface area (Å²) in [5, 5.41) is 2.44. The second-order valence-electron chi connectivity index (χ2n) is 4.73. The van der Waals surface area contributed by atoms with E-state index in [0.717, 1.165) is 18.4 Å². The Morgan fingerprint density at radius 1 is 1.35 bits per heavy atom. The molecule has 1 amide bonds. The molecule has 8 heteroatoms. The molecule has 0 radical (unpaired) electrons. The SMILES string of the molecule is C[C@@H](NC(=O)COC(=O)C1=COCCO1)c1ccc(F)cc1F. The van der Waals surface area contributed by atoms with Crippen molar-refractivity contribution in [1.29, 1.82) is 0 Å². The molecule has 0 saturated heterocycles. The zero-order valence-electron chi connectivity index (χ0n) is 12.3. The van der Waals surface area contributed by atoms with Crippen LogP contribution < -0.4 is 5.32 Å². The second kappa shape index (κ2) is 7.57. The van der Waals surface area contributed by atoms with E-state index in [1.165, 1.54) is 13.0 Å². The second-order valence-corrected chi connectivity index (χ2v) is 4.73. The molecule has 1 aromatic rings. The summed E-state index contributed by atoms with van der Waals surface area (Å²) in [4.78, 5) is 23.3. The van der Waals surface area contributed by atoms with Gasteiger partial charge in [0.05, 0.1) is 6.04 Å². The molecule has 0 spiro atoms. The molecule has 0 fully saturated rings. The van der Waals surface area contributed by atoms with Gasteiger partial charge in [0, 0.05) is 11.6 Å². The number of nitrogens with one attached hydrogen (secondary N) is 1. The summed E-state index contributed by atoms with van der Waals surface area (Å²) in [7, 11) is 0. The van der Waals surface area contributed by atoms with Crippen molar-refractivity contribution < 1.29 is 32.6 Å².